The maximum Gasteiger partial charge on any atom is 0.132 e. The summed E-state index contributed by atoms with van der Waals surface area (Å²) in [6.45, 7) is 9.71. The highest BCUT2D eigenvalue weighted by Crippen LogP contribution is 2.20. The van der Waals surface area contributed by atoms with Gasteiger partial charge < -0.3 is 10.2 Å². The third-order valence-electron chi connectivity index (χ3n) is 3.50. The highest BCUT2D eigenvalue weighted by molar-refractivity contribution is 5.40. The topological polar surface area (TPSA) is 41.0 Å². The number of rotatable bonds is 4. The SMILES string of the molecule is CCNC1CCCN(c2cc(C(C)C)ncn2)C1. The minimum atomic E-state index is 0.459. The van der Waals surface area contributed by atoms with E-state index in [1.54, 1.807) is 6.33 Å². The van der Waals surface area contributed by atoms with Crippen LogP contribution in [0, 0.1) is 0 Å². The van der Waals surface area contributed by atoms with Crippen molar-refractivity contribution in [3.63, 3.8) is 0 Å². The molecule has 0 bridgehead atoms. The molecule has 1 aliphatic heterocycles. The first-order valence-corrected chi connectivity index (χ1v) is 7.01. The van der Waals surface area contributed by atoms with E-state index in [0.717, 1.165) is 31.1 Å². The van der Waals surface area contributed by atoms with E-state index in [0.29, 0.717) is 12.0 Å². The van der Waals surface area contributed by atoms with Crippen LogP contribution < -0.4 is 10.2 Å². The molecule has 4 heteroatoms. The van der Waals surface area contributed by atoms with Crippen molar-refractivity contribution in [1.82, 2.24) is 15.3 Å². The number of anilines is 1. The Bertz CT molecular complexity index is 376. The molecule has 0 saturated carbocycles. The zero-order valence-electron chi connectivity index (χ0n) is 11.7. The van der Waals surface area contributed by atoms with Crippen LogP contribution >= 0.6 is 0 Å². The summed E-state index contributed by atoms with van der Waals surface area (Å²) in [7, 11) is 0. The fourth-order valence-corrected chi connectivity index (χ4v) is 2.49. The van der Waals surface area contributed by atoms with E-state index < -0.39 is 0 Å². The van der Waals surface area contributed by atoms with Gasteiger partial charge in [-0.1, -0.05) is 20.8 Å². The van der Waals surface area contributed by atoms with Crippen LogP contribution in [0.15, 0.2) is 12.4 Å². The lowest BCUT2D eigenvalue weighted by molar-refractivity contribution is 0.429. The molecule has 0 amide bonds. The van der Waals surface area contributed by atoms with E-state index >= 15 is 0 Å². The van der Waals surface area contributed by atoms with Crippen LogP contribution in [-0.2, 0) is 0 Å². The summed E-state index contributed by atoms with van der Waals surface area (Å²) in [5, 5.41) is 3.54. The molecule has 1 aliphatic rings. The van der Waals surface area contributed by atoms with Gasteiger partial charge in [0, 0.05) is 30.9 Å². The van der Waals surface area contributed by atoms with E-state index in [-0.39, 0.29) is 0 Å². The minimum Gasteiger partial charge on any atom is -0.355 e. The van der Waals surface area contributed by atoms with Crippen LogP contribution in [0.25, 0.3) is 0 Å². The van der Waals surface area contributed by atoms with Crippen molar-refractivity contribution >= 4 is 5.82 Å². The lowest BCUT2D eigenvalue weighted by Crippen LogP contribution is -2.46. The summed E-state index contributed by atoms with van der Waals surface area (Å²) >= 11 is 0. The smallest absolute Gasteiger partial charge is 0.132 e. The van der Waals surface area contributed by atoms with Crippen molar-refractivity contribution in [1.29, 1.82) is 0 Å². The number of likely N-dealkylation sites (N-methyl/N-ethyl adjacent to an activating group) is 1. The second-order valence-corrected chi connectivity index (χ2v) is 5.30. The zero-order chi connectivity index (χ0) is 13.0. The Morgan fingerprint density at radius 2 is 2.28 bits per heavy atom. The molecule has 1 unspecified atom stereocenters. The van der Waals surface area contributed by atoms with Crippen LogP contribution in [-0.4, -0.2) is 35.6 Å². The predicted octanol–water partition coefficient (Wildman–Crippen LogP) is 2.18. The molecule has 1 N–H and O–H groups in total. The number of nitrogens with one attached hydrogen (secondary N) is 1. The first-order valence-electron chi connectivity index (χ1n) is 7.01. The molecular formula is C14H24N4. The summed E-state index contributed by atoms with van der Waals surface area (Å²) in [4.78, 5) is 11.1. The molecule has 0 radical (unpaired) electrons. The van der Waals surface area contributed by atoms with Crippen LogP contribution in [0.4, 0.5) is 5.82 Å². The van der Waals surface area contributed by atoms with Crippen LogP contribution in [0.3, 0.4) is 0 Å². The fraction of sp³-hybridized carbons (Fsp3) is 0.714. The van der Waals surface area contributed by atoms with E-state index in [1.807, 2.05) is 0 Å². The number of hydrogen-bond donors (Lipinski definition) is 1. The Hall–Kier alpha value is -1.16. The quantitative estimate of drug-likeness (QED) is 0.886. The molecular weight excluding hydrogens is 224 g/mol. The third kappa shape index (κ3) is 3.19. The molecule has 100 valence electrons. The molecule has 1 fully saturated rings. The van der Waals surface area contributed by atoms with Crippen molar-refractivity contribution in [2.45, 2.75) is 45.6 Å². The van der Waals surface area contributed by atoms with Gasteiger partial charge in [0.05, 0.1) is 0 Å². The average Bonchev–Trinajstić information content (AvgIpc) is 2.39. The Kier molecular flexibility index (Phi) is 4.53. The fourth-order valence-electron chi connectivity index (χ4n) is 2.49. The Labute approximate surface area is 110 Å². The van der Waals surface area contributed by atoms with Crippen LogP contribution in [0.2, 0.25) is 0 Å². The van der Waals surface area contributed by atoms with Crippen LogP contribution in [0.5, 0.6) is 0 Å². The molecule has 2 heterocycles. The lowest BCUT2D eigenvalue weighted by atomic mass is 10.1. The normalized spacial score (nSPS) is 20.4. The Morgan fingerprint density at radius 3 is 3.00 bits per heavy atom. The van der Waals surface area contributed by atoms with E-state index in [2.05, 4.69) is 47.0 Å². The van der Waals surface area contributed by atoms with Crippen molar-refractivity contribution in [2.24, 2.45) is 0 Å². The number of hydrogen-bond acceptors (Lipinski definition) is 4. The van der Waals surface area contributed by atoms with Crippen molar-refractivity contribution < 1.29 is 0 Å². The van der Waals surface area contributed by atoms with Crippen molar-refractivity contribution in [3.05, 3.63) is 18.1 Å². The van der Waals surface area contributed by atoms with Crippen molar-refractivity contribution in [3.8, 4) is 0 Å². The average molecular weight is 248 g/mol. The molecule has 0 aliphatic carbocycles. The number of nitrogens with zero attached hydrogens (tertiary/aromatic N) is 3. The molecule has 1 saturated heterocycles. The van der Waals surface area contributed by atoms with Gasteiger partial charge in [-0.2, -0.15) is 0 Å². The number of aromatic nitrogens is 2. The molecule has 0 aromatic carbocycles. The third-order valence-corrected chi connectivity index (χ3v) is 3.50. The molecule has 18 heavy (non-hydrogen) atoms. The standard InChI is InChI=1S/C14H24N4/c1-4-15-12-6-5-7-18(9-12)14-8-13(11(2)3)16-10-17-14/h8,10-12,15H,4-7,9H2,1-3H3. The van der Waals surface area contributed by atoms with Crippen LogP contribution in [0.1, 0.15) is 45.2 Å². The second kappa shape index (κ2) is 6.14. The van der Waals surface area contributed by atoms with E-state index in [4.69, 9.17) is 0 Å². The molecule has 1 aromatic heterocycles. The maximum atomic E-state index is 4.43. The maximum absolute atomic E-state index is 4.43. The van der Waals surface area contributed by atoms with Gasteiger partial charge in [-0.3, -0.25) is 0 Å². The predicted molar refractivity (Wildman–Crippen MR) is 75.0 cm³/mol. The summed E-state index contributed by atoms with van der Waals surface area (Å²) in [6, 6.07) is 2.74. The van der Waals surface area contributed by atoms with Crippen molar-refractivity contribution in [2.75, 3.05) is 24.5 Å². The van der Waals surface area contributed by atoms with Gasteiger partial charge in [-0.05, 0) is 25.3 Å². The van der Waals surface area contributed by atoms with Gasteiger partial charge in [-0.15, -0.1) is 0 Å². The van der Waals surface area contributed by atoms with Gasteiger partial charge in [0.25, 0.3) is 0 Å². The van der Waals surface area contributed by atoms with E-state index in [9.17, 15) is 0 Å². The van der Waals surface area contributed by atoms with Gasteiger partial charge in [0.15, 0.2) is 0 Å². The first kappa shape index (κ1) is 13.3. The molecule has 4 nitrogen and oxygen atoms in total. The molecule has 0 spiro atoms. The van der Waals surface area contributed by atoms with Gasteiger partial charge >= 0.3 is 0 Å². The summed E-state index contributed by atoms with van der Waals surface area (Å²) in [6.07, 6.45) is 4.20. The lowest BCUT2D eigenvalue weighted by Gasteiger charge is -2.34. The zero-order valence-corrected chi connectivity index (χ0v) is 11.7. The number of piperidine rings is 1. The van der Waals surface area contributed by atoms with E-state index in [1.165, 1.54) is 12.8 Å². The highest BCUT2D eigenvalue weighted by Gasteiger charge is 2.20. The second-order valence-electron chi connectivity index (χ2n) is 5.30. The monoisotopic (exact) mass is 248 g/mol. The largest absolute Gasteiger partial charge is 0.355 e. The van der Waals surface area contributed by atoms with Gasteiger partial charge in [-0.25, -0.2) is 9.97 Å². The molecule has 2 rings (SSSR count). The first-order chi connectivity index (χ1) is 8.70. The Morgan fingerprint density at radius 1 is 1.44 bits per heavy atom. The Balaban J connectivity index is 2.08. The molecule has 1 atom stereocenters. The minimum absolute atomic E-state index is 0.459. The van der Waals surface area contributed by atoms with Gasteiger partial charge in [0.2, 0.25) is 0 Å². The summed E-state index contributed by atoms with van der Waals surface area (Å²) < 4.78 is 0. The van der Waals surface area contributed by atoms with Gasteiger partial charge in [0.1, 0.15) is 12.1 Å². The summed E-state index contributed by atoms with van der Waals surface area (Å²) in [5.74, 6) is 1.54. The highest BCUT2D eigenvalue weighted by atomic mass is 15.2. The summed E-state index contributed by atoms with van der Waals surface area (Å²) in [5.41, 5.74) is 1.13. The molecule has 1 aromatic rings.